The third-order valence-electron chi connectivity index (χ3n) is 5.95. The molecule has 0 fully saturated rings. The van der Waals surface area contributed by atoms with E-state index in [0.717, 1.165) is 35.5 Å². The van der Waals surface area contributed by atoms with Crippen molar-refractivity contribution in [1.82, 2.24) is 5.32 Å². The predicted molar refractivity (Wildman–Crippen MR) is 127 cm³/mol. The highest BCUT2D eigenvalue weighted by molar-refractivity contribution is 7.94. The smallest absolute Gasteiger partial charge is 0.271 e. The molecule has 4 rings (SSSR count). The SMILES string of the molecule is CCC1(CC)C[C@@H](NC(=O)c2ccc(NS(=O)(=O)c3cccs3)cc2)c2ccccc2O1. The van der Waals surface area contributed by atoms with E-state index in [1.54, 1.807) is 41.8 Å². The summed E-state index contributed by atoms with van der Waals surface area (Å²) in [4.78, 5) is 13.0. The average Bonchev–Trinajstić information content (AvgIpc) is 3.35. The Hall–Kier alpha value is -2.84. The maximum Gasteiger partial charge on any atom is 0.271 e. The van der Waals surface area contributed by atoms with Crippen LogP contribution in [-0.2, 0) is 10.0 Å². The van der Waals surface area contributed by atoms with Gasteiger partial charge in [-0.1, -0.05) is 38.1 Å². The molecule has 0 saturated heterocycles. The molecule has 0 unspecified atom stereocenters. The van der Waals surface area contributed by atoms with Crippen LogP contribution in [0, 0.1) is 0 Å². The second-order valence-electron chi connectivity index (χ2n) is 7.88. The van der Waals surface area contributed by atoms with Gasteiger partial charge in [0.1, 0.15) is 15.6 Å². The van der Waals surface area contributed by atoms with Crippen molar-refractivity contribution in [2.24, 2.45) is 0 Å². The van der Waals surface area contributed by atoms with Gasteiger partial charge < -0.3 is 10.1 Å². The molecule has 3 aromatic rings. The fourth-order valence-corrected chi connectivity index (χ4v) is 6.03. The van der Waals surface area contributed by atoms with Gasteiger partial charge in [0.15, 0.2) is 0 Å². The van der Waals surface area contributed by atoms with Gasteiger partial charge in [-0.25, -0.2) is 8.42 Å². The number of carbonyl (C=O) groups is 1. The molecule has 2 N–H and O–H groups in total. The van der Waals surface area contributed by atoms with Gasteiger partial charge in [0.25, 0.3) is 15.9 Å². The fraction of sp³-hybridized carbons (Fsp3) is 0.292. The molecule has 168 valence electrons. The number of ether oxygens (including phenoxy) is 1. The summed E-state index contributed by atoms with van der Waals surface area (Å²) in [5.41, 5.74) is 1.53. The standard InChI is InChI=1S/C24H26N2O4S2/c1-3-24(4-2)16-20(19-8-5-6-9-21(19)30-24)25-23(27)17-11-13-18(14-12-17)26-32(28,29)22-10-7-15-31-22/h5-15,20,26H,3-4,16H2,1-2H3,(H,25,27)/t20-/m1/s1. The molecule has 1 atom stereocenters. The number of para-hydroxylation sites is 1. The van der Waals surface area contributed by atoms with Crippen molar-refractivity contribution in [2.75, 3.05) is 4.72 Å². The molecule has 32 heavy (non-hydrogen) atoms. The van der Waals surface area contributed by atoms with Crippen LogP contribution in [0.25, 0.3) is 0 Å². The first-order valence-electron chi connectivity index (χ1n) is 10.6. The molecule has 1 amide bonds. The summed E-state index contributed by atoms with van der Waals surface area (Å²) in [6.45, 7) is 4.21. The van der Waals surface area contributed by atoms with Crippen LogP contribution in [0.15, 0.2) is 70.3 Å². The molecule has 0 saturated carbocycles. The number of fused-ring (bicyclic) bond motifs is 1. The van der Waals surface area contributed by atoms with E-state index in [2.05, 4.69) is 23.9 Å². The summed E-state index contributed by atoms with van der Waals surface area (Å²) >= 11 is 1.15. The normalized spacial score (nSPS) is 17.1. The molecule has 1 aliphatic heterocycles. The number of carbonyl (C=O) groups excluding carboxylic acids is 1. The molecule has 1 aromatic heterocycles. The van der Waals surface area contributed by atoms with Crippen LogP contribution in [0.3, 0.4) is 0 Å². The van der Waals surface area contributed by atoms with E-state index in [0.29, 0.717) is 17.7 Å². The number of hydrogen-bond donors (Lipinski definition) is 2. The van der Waals surface area contributed by atoms with E-state index in [9.17, 15) is 13.2 Å². The number of amides is 1. The van der Waals surface area contributed by atoms with Gasteiger partial charge in [-0.05, 0) is 54.6 Å². The molecule has 0 spiro atoms. The Bertz CT molecular complexity index is 1190. The number of anilines is 1. The molecule has 0 radical (unpaired) electrons. The zero-order chi connectivity index (χ0) is 22.8. The van der Waals surface area contributed by atoms with Crippen LogP contribution in [0.4, 0.5) is 5.69 Å². The lowest BCUT2D eigenvalue weighted by Gasteiger charge is -2.41. The van der Waals surface area contributed by atoms with Crippen molar-refractivity contribution < 1.29 is 17.9 Å². The summed E-state index contributed by atoms with van der Waals surface area (Å²) < 4.78 is 33.9. The molecule has 6 nitrogen and oxygen atoms in total. The van der Waals surface area contributed by atoms with Crippen LogP contribution < -0.4 is 14.8 Å². The van der Waals surface area contributed by atoms with Gasteiger partial charge >= 0.3 is 0 Å². The summed E-state index contributed by atoms with van der Waals surface area (Å²) in [6, 6.07) is 17.3. The van der Waals surface area contributed by atoms with E-state index >= 15 is 0 Å². The van der Waals surface area contributed by atoms with Crippen molar-refractivity contribution >= 4 is 33.0 Å². The summed E-state index contributed by atoms with van der Waals surface area (Å²) in [5.74, 6) is 0.603. The van der Waals surface area contributed by atoms with Gasteiger partial charge in [-0.3, -0.25) is 9.52 Å². The minimum Gasteiger partial charge on any atom is -0.487 e. The first-order valence-corrected chi connectivity index (χ1v) is 13.0. The quantitative estimate of drug-likeness (QED) is 0.487. The van der Waals surface area contributed by atoms with Crippen molar-refractivity contribution in [2.45, 2.75) is 49.0 Å². The molecular weight excluding hydrogens is 444 g/mol. The molecular formula is C24H26N2O4S2. The molecule has 0 aliphatic carbocycles. The number of hydrogen-bond acceptors (Lipinski definition) is 5. The van der Waals surface area contributed by atoms with Gasteiger partial charge in [0, 0.05) is 23.2 Å². The van der Waals surface area contributed by atoms with E-state index < -0.39 is 10.0 Å². The highest BCUT2D eigenvalue weighted by Crippen LogP contribution is 2.42. The van der Waals surface area contributed by atoms with Crippen molar-refractivity contribution in [3.8, 4) is 5.75 Å². The molecule has 8 heteroatoms. The Morgan fingerprint density at radius 2 is 1.78 bits per heavy atom. The van der Waals surface area contributed by atoms with Gasteiger partial charge in [0.2, 0.25) is 0 Å². The molecule has 1 aliphatic rings. The van der Waals surface area contributed by atoms with Crippen molar-refractivity contribution in [3.05, 3.63) is 77.2 Å². The summed E-state index contributed by atoms with van der Waals surface area (Å²) in [6.07, 6.45) is 2.40. The Kier molecular flexibility index (Phi) is 6.26. The Labute approximate surface area is 192 Å². The molecule has 2 heterocycles. The monoisotopic (exact) mass is 470 g/mol. The lowest BCUT2D eigenvalue weighted by molar-refractivity contribution is 0.0227. The largest absolute Gasteiger partial charge is 0.487 e. The number of rotatable bonds is 7. The predicted octanol–water partition coefficient (Wildman–Crippen LogP) is 5.36. The number of sulfonamides is 1. The highest BCUT2D eigenvalue weighted by Gasteiger charge is 2.39. The van der Waals surface area contributed by atoms with Gasteiger partial charge in [-0.15, -0.1) is 11.3 Å². The second-order valence-corrected chi connectivity index (χ2v) is 10.7. The lowest BCUT2D eigenvalue weighted by atomic mass is 9.83. The van der Waals surface area contributed by atoms with Crippen LogP contribution >= 0.6 is 11.3 Å². The second kappa shape index (κ2) is 8.96. The minimum atomic E-state index is -3.62. The van der Waals surface area contributed by atoms with Gasteiger partial charge in [0.05, 0.1) is 6.04 Å². The Morgan fingerprint density at radius 3 is 2.44 bits per heavy atom. The Morgan fingerprint density at radius 1 is 1.06 bits per heavy atom. The molecule has 2 aromatic carbocycles. The Balaban J connectivity index is 1.50. The van der Waals surface area contributed by atoms with E-state index in [1.165, 1.54) is 0 Å². The number of nitrogens with one attached hydrogen (secondary N) is 2. The molecule has 0 bridgehead atoms. The van der Waals surface area contributed by atoms with Crippen molar-refractivity contribution in [3.63, 3.8) is 0 Å². The van der Waals surface area contributed by atoms with E-state index in [1.807, 2.05) is 24.3 Å². The zero-order valence-electron chi connectivity index (χ0n) is 18.0. The zero-order valence-corrected chi connectivity index (χ0v) is 19.6. The van der Waals surface area contributed by atoms with Crippen LogP contribution in [0.1, 0.15) is 55.1 Å². The first kappa shape index (κ1) is 22.4. The maximum atomic E-state index is 13.0. The fourth-order valence-electron chi connectivity index (χ4n) is 3.98. The topological polar surface area (TPSA) is 84.5 Å². The lowest BCUT2D eigenvalue weighted by Crippen LogP contribution is -2.44. The third-order valence-corrected chi connectivity index (χ3v) is 8.73. The van der Waals surface area contributed by atoms with Crippen LogP contribution in [-0.4, -0.2) is 19.9 Å². The van der Waals surface area contributed by atoms with Crippen LogP contribution in [0.5, 0.6) is 5.75 Å². The average molecular weight is 471 g/mol. The third kappa shape index (κ3) is 4.52. The summed E-state index contributed by atoms with van der Waals surface area (Å²) in [5, 5.41) is 4.86. The summed E-state index contributed by atoms with van der Waals surface area (Å²) in [7, 11) is -3.62. The maximum absolute atomic E-state index is 13.0. The number of benzene rings is 2. The number of thiophene rings is 1. The van der Waals surface area contributed by atoms with E-state index in [4.69, 9.17) is 4.74 Å². The first-order chi connectivity index (χ1) is 15.4. The van der Waals surface area contributed by atoms with Crippen LogP contribution in [0.2, 0.25) is 0 Å². The van der Waals surface area contributed by atoms with E-state index in [-0.39, 0.29) is 21.8 Å². The van der Waals surface area contributed by atoms with Gasteiger partial charge in [-0.2, -0.15) is 0 Å². The highest BCUT2D eigenvalue weighted by atomic mass is 32.2. The van der Waals surface area contributed by atoms with Crippen molar-refractivity contribution in [1.29, 1.82) is 0 Å². The minimum absolute atomic E-state index is 0.163.